The lowest BCUT2D eigenvalue weighted by Crippen LogP contribution is -2.66. The van der Waals surface area contributed by atoms with Gasteiger partial charge in [0.1, 0.15) is 6.04 Å². The molecule has 1 heterocycles. The van der Waals surface area contributed by atoms with Crippen LogP contribution in [0.25, 0.3) is 0 Å². The molecule has 6 fully saturated rings. The number of hydrogen-bond donors (Lipinski definition) is 4. The summed E-state index contributed by atoms with van der Waals surface area (Å²) in [5.74, 6) is 1.07. The van der Waals surface area contributed by atoms with E-state index in [2.05, 4.69) is 72.6 Å². The first-order chi connectivity index (χ1) is 35.7. The summed E-state index contributed by atoms with van der Waals surface area (Å²) in [5.41, 5.74) is 1.40. The molecule has 18 atom stereocenters. The van der Waals surface area contributed by atoms with Gasteiger partial charge in [-0.05, 0) is 178 Å². The van der Waals surface area contributed by atoms with E-state index in [1.807, 2.05) is 58.5 Å². The van der Waals surface area contributed by atoms with Crippen LogP contribution in [-0.4, -0.2) is 139 Å². The molecule has 0 aromatic heterocycles. The molecule has 6 rings (SSSR count). The van der Waals surface area contributed by atoms with Crippen LogP contribution in [-0.2, 0) is 33.2 Å². The molecule has 0 aromatic rings. The lowest BCUT2D eigenvalue weighted by Gasteiger charge is -2.73. The first-order valence-corrected chi connectivity index (χ1v) is 32.1. The summed E-state index contributed by atoms with van der Waals surface area (Å²) in [6.45, 7) is 34.4. The average molecular weight is 1100 g/mol. The molecule has 77 heavy (non-hydrogen) atoms. The van der Waals surface area contributed by atoms with Crippen molar-refractivity contribution in [1.82, 2.24) is 25.3 Å². The van der Waals surface area contributed by atoms with Gasteiger partial charge in [-0.15, -0.1) is 0 Å². The normalized spacial score (nSPS) is 35.6. The molecular formula is C62H110N5O9P. The molecule has 5 aliphatic carbocycles. The van der Waals surface area contributed by atoms with Gasteiger partial charge in [-0.1, -0.05) is 102 Å². The molecule has 6 aliphatic rings. The Morgan fingerprint density at radius 3 is 2.03 bits per heavy atom. The number of nitrogens with zero attached hydrogens (tertiary/aromatic N) is 3. The number of methoxy groups -OCH3 is 2. The standard InChI is InChI=1S/C62H110N5O9P/c1-20-40(8)53(66(17)57(71)51(38(4)5)64-56(70)52(39(6)7)65(15)16)46(75-18)34-49(68)67-33-21-22-45(67)54(76-19)41(9)55(69)63-36-62-30-26-43(37(2)3)50(62)44-23-24-48-59(12)28-25-42(35-77(72,73)74)58(10,11)47(59)27-29-61(48,14)60(44,13)31-32-62/h38-48,50-54H,2,20-36H2,1,3-19H3,(H,63,69)(H,64,70)(H2,72,73,74)/t40-,41+,42+,43-,44?,45?,46+,47?,48?,50?,51?,52-,53-,54+,59-,60+,61+,62+/m0/s1. The molecule has 6 unspecified atom stereocenters. The minimum absolute atomic E-state index is 0.0142. The summed E-state index contributed by atoms with van der Waals surface area (Å²) in [4.78, 5) is 83.3. The molecule has 442 valence electrons. The number of carbonyl (C=O) groups is 4. The highest BCUT2D eigenvalue weighted by atomic mass is 31.2. The van der Waals surface area contributed by atoms with Gasteiger partial charge in [0.05, 0.1) is 48.8 Å². The predicted molar refractivity (Wildman–Crippen MR) is 308 cm³/mol. The van der Waals surface area contributed by atoms with Crippen LogP contribution in [0.3, 0.4) is 0 Å². The Kier molecular flexibility index (Phi) is 20.1. The number of allylic oxidation sites excluding steroid dienone is 1. The lowest BCUT2D eigenvalue weighted by molar-refractivity contribution is -0.241. The van der Waals surface area contributed by atoms with Gasteiger partial charge in [-0.3, -0.25) is 28.6 Å². The molecule has 15 heteroatoms. The van der Waals surface area contributed by atoms with E-state index in [0.717, 1.165) is 70.6 Å². The maximum Gasteiger partial charge on any atom is 0.325 e. The highest BCUT2D eigenvalue weighted by Crippen LogP contribution is 2.78. The number of hydrogen-bond acceptors (Lipinski definition) is 8. The van der Waals surface area contributed by atoms with Crippen molar-refractivity contribution in [2.45, 2.75) is 216 Å². The van der Waals surface area contributed by atoms with Crippen LogP contribution in [0.15, 0.2) is 12.2 Å². The number of carbonyl (C=O) groups excluding carboxylic acids is 4. The zero-order chi connectivity index (χ0) is 57.7. The molecule has 0 spiro atoms. The van der Waals surface area contributed by atoms with Gasteiger partial charge in [0.15, 0.2) is 0 Å². The fourth-order valence-corrected chi connectivity index (χ4v) is 20.3. The maximum atomic E-state index is 14.7. The van der Waals surface area contributed by atoms with Gasteiger partial charge in [-0.2, -0.15) is 0 Å². The summed E-state index contributed by atoms with van der Waals surface area (Å²) in [5, 5.41) is 6.64. The highest BCUT2D eigenvalue weighted by Gasteiger charge is 2.71. The van der Waals surface area contributed by atoms with Crippen molar-refractivity contribution in [3.63, 3.8) is 0 Å². The third-order valence-corrected chi connectivity index (χ3v) is 24.4. The van der Waals surface area contributed by atoms with E-state index in [1.165, 1.54) is 12.0 Å². The first-order valence-electron chi connectivity index (χ1n) is 30.3. The Bertz CT molecular complexity index is 2160. The van der Waals surface area contributed by atoms with Crippen LogP contribution in [0, 0.1) is 86.3 Å². The number of rotatable bonds is 22. The van der Waals surface area contributed by atoms with Crippen molar-refractivity contribution >= 4 is 31.2 Å². The van der Waals surface area contributed by atoms with Crippen molar-refractivity contribution in [3.8, 4) is 0 Å². The highest BCUT2D eigenvalue weighted by molar-refractivity contribution is 7.51. The van der Waals surface area contributed by atoms with Crippen LogP contribution in [0.2, 0.25) is 0 Å². The van der Waals surface area contributed by atoms with Gasteiger partial charge >= 0.3 is 7.60 Å². The molecule has 4 N–H and O–H groups in total. The smallest absolute Gasteiger partial charge is 0.325 e. The molecule has 5 saturated carbocycles. The van der Waals surface area contributed by atoms with E-state index in [0.29, 0.717) is 49.1 Å². The van der Waals surface area contributed by atoms with E-state index >= 15 is 0 Å². The number of nitrogens with one attached hydrogen (secondary N) is 2. The third kappa shape index (κ3) is 12.0. The Morgan fingerprint density at radius 1 is 0.805 bits per heavy atom. The summed E-state index contributed by atoms with van der Waals surface area (Å²) in [6.07, 6.45) is 11.9. The van der Waals surface area contributed by atoms with Crippen LogP contribution < -0.4 is 10.6 Å². The largest absolute Gasteiger partial charge is 0.379 e. The number of amides is 4. The van der Waals surface area contributed by atoms with E-state index < -0.39 is 43.8 Å². The maximum absolute atomic E-state index is 14.7. The second-order valence-electron chi connectivity index (χ2n) is 28.6. The summed E-state index contributed by atoms with van der Waals surface area (Å²) < 4.78 is 24.8. The molecule has 0 radical (unpaired) electrons. The average Bonchev–Trinajstić information content (AvgIpc) is 4.01. The fraction of sp³-hybridized carbons (Fsp3) is 0.903. The van der Waals surface area contributed by atoms with E-state index in [-0.39, 0.29) is 93.0 Å². The Balaban J connectivity index is 1.16. The predicted octanol–water partition coefficient (Wildman–Crippen LogP) is 10.2. The van der Waals surface area contributed by atoms with Gasteiger partial charge in [0, 0.05) is 34.4 Å². The summed E-state index contributed by atoms with van der Waals surface area (Å²) in [7, 11) is 4.65. The Morgan fingerprint density at radius 2 is 1.47 bits per heavy atom. The fourth-order valence-electron chi connectivity index (χ4n) is 19.1. The van der Waals surface area contributed by atoms with Gasteiger partial charge in [-0.25, -0.2) is 0 Å². The van der Waals surface area contributed by atoms with Gasteiger partial charge in [0.25, 0.3) is 0 Å². The van der Waals surface area contributed by atoms with E-state index in [1.54, 1.807) is 26.2 Å². The van der Waals surface area contributed by atoms with Crippen LogP contribution in [0.1, 0.15) is 180 Å². The quantitative estimate of drug-likeness (QED) is 0.0603. The van der Waals surface area contributed by atoms with E-state index in [9.17, 15) is 33.5 Å². The van der Waals surface area contributed by atoms with Crippen molar-refractivity contribution in [3.05, 3.63) is 12.2 Å². The van der Waals surface area contributed by atoms with Crippen molar-refractivity contribution < 1.29 is 43.0 Å². The van der Waals surface area contributed by atoms with Crippen molar-refractivity contribution in [2.24, 2.45) is 86.3 Å². The van der Waals surface area contributed by atoms with E-state index in [4.69, 9.17) is 9.47 Å². The van der Waals surface area contributed by atoms with Crippen LogP contribution in [0.4, 0.5) is 0 Å². The number of ether oxygens (including phenoxy) is 2. The second-order valence-corrected chi connectivity index (χ2v) is 30.3. The molecule has 0 bridgehead atoms. The number of likely N-dealkylation sites (tertiary alicyclic amines) is 1. The SMILES string of the molecule is C=C(C)[C@@H]1CC[C@]2(CNC(=O)[C@H](C)[C@@H](OC)C3CCCN3C(=O)C[C@@H](OC)[C@H]([C@@H](C)CC)N(C)C(=O)C(NC(=O)[C@H](C(C)C)N(C)C)C(C)C)CC[C@]3(C)C(CCC4[C@@]5(C)CC[C@H](CP(=O)(O)O)C(C)(C)C5CC[C@]43C)C12. The second kappa shape index (κ2) is 24.2. The minimum Gasteiger partial charge on any atom is -0.379 e. The molecule has 1 aliphatic heterocycles. The topological polar surface area (TPSA) is 178 Å². The summed E-state index contributed by atoms with van der Waals surface area (Å²) >= 11 is 0. The van der Waals surface area contributed by atoms with Gasteiger partial charge in [0.2, 0.25) is 23.6 Å². The first kappa shape index (κ1) is 63.8. The summed E-state index contributed by atoms with van der Waals surface area (Å²) in [6, 6.07) is -1.92. The zero-order valence-electron chi connectivity index (χ0n) is 51.5. The van der Waals surface area contributed by atoms with Crippen molar-refractivity contribution in [1.29, 1.82) is 0 Å². The Hall–Kier alpha value is -2.35. The molecule has 1 saturated heterocycles. The minimum atomic E-state index is -4.13. The zero-order valence-corrected chi connectivity index (χ0v) is 52.4. The molecule has 4 amide bonds. The molecule has 14 nitrogen and oxygen atoms in total. The van der Waals surface area contributed by atoms with Crippen molar-refractivity contribution in [2.75, 3.05) is 54.6 Å². The molecule has 0 aromatic carbocycles. The van der Waals surface area contributed by atoms with Crippen LogP contribution >= 0.6 is 7.60 Å². The number of likely N-dealkylation sites (N-methyl/N-ethyl adjacent to an activating group) is 2. The Labute approximate surface area is 467 Å². The third-order valence-electron chi connectivity index (χ3n) is 23.5. The molecular weight excluding hydrogens is 990 g/mol. The van der Waals surface area contributed by atoms with Gasteiger partial charge < -0.3 is 39.7 Å². The monoisotopic (exact) mass is 1100 g/mol. The lowest BCUT2D eigenvalue weighted by atomic mass is 9.32. The van der Waals surface area contributed by atoms with Crippen LogP contribution in [0.5, 0.6) is 0 Å². The number of fused-ring (bicyclic) bond motifs is 7.